The maximum Gasteiger partial charge on any atom is 0.220 e. The van der Waals surface area contributed by atoms with Crippen LogP contribution in [0.5, 0.6) is 0 Å². The third-order valence-corrected chi connectivity index (χ3v) is 8.75. The summed E-state index contributed by atoms with van der Waals surface area (Å²) < 4.78 is 12.1. The molecule has 1 aliphatic heterocycles. The number of aliphatic hydroxyl groups excluding tert-OH is 1. The molecule has 4 rings (SSSR count). The van der Waals surface area contributed by atoms with Crippen molar-refractivity contribution in [3.63, 3.8) is 0 Å². The van der Waals surface area contributed by atoms with Gasteiger partial charge in [-0.25, -0.2) is 0 Å². The lowest BCUT2D eigenvalue weighted by Crippen LogP contribution is -2.63. The van der Waals surface area contributed by atoms with E-state index in [1.54, 1.807) is 11.3 Å². The molecule has 0 radical (unpaired) electrons. The van der Waals surface area contributed by atoms with Gasteiger partial charge in [0.2, 0.25) is 5.91 Å². The van der Waals surface area contributed by atoms with Crippen molar-refractivity contribution in [1.29, 1.82) is 0 Å². The molecule has 0 aromatic carbocycles. The van der Waals surface area contributed by atoms with Crippen LogP contribution in [0, 0.1) is 22.7 Å². The molecule has 4 N–H and O–H groups in total. The zero-order valence-corrected chi connectivity index (χ0v) is 18.2. The van der Waals surface area contributed by atoms with Crippen molar-refractivity contribution in [2.75, 3.05) is 13.2 Å². The Labute approximate surface area is 177 Å². The molecular formula is C22H34N2O4S. The van der Waals surface area contributed by atoms with Crippen LogP contribution in [0.3, 0.4) is 0 Å². The fraction of sp³-hybridized carbons (Fsp3) is 0.773. The molecule has 29 heavy (non-hydrogen) atoms. The lowest BCUT2D eigenvalue weighted by Gasteiger charge is -2.62. The number of hydrogen-bond acceptors (Lipinski definition) is 6. The van der Waals surface area contributed by atoms with E-state index in [1.807, 2.05) is 17.5 Å². The molecule has 6 nitrogen and oxygen atoms in total. The largest absolute Gasteiger partial charge is 0.393 e. The molecule has 0 spiro atoms. The highest BCUT2D eigenvalue weighted by molar-refractivity contribution is 7.09. The Morgan fingerprint density at radius 3 is 2.90 bits per heavy atom. The van der Waals surface area contributed by atoms with E-state index in [2.05, 4.69) is 19.2 Å². The van der Waals surface area contributed by atoms with Crippen molar-refractivity contribution in [2.24, 2.45) is 28.4 Å². The van der Waals surface area contributed by atoms with E-state index in [1.165, 1.54) is 0 Å². The lowest BCUT2D eigenvalue weighted by molar-refractivity contribution is -0.305. The second-order valence-electron chi connectivity index (χ2n) is 9.52. The number of carbonyl (C=O) groups is 1. The van der Waals surface area contributed by atoms with Crippen LogP contribution in [0.25, 0.3) is 0 Å². The van der Waals surface area contributed by atoms with Crippen LogP contribution in [0.1, 0.15) is 50.8 Å². The highest BCUT2D eigenvalue weighted by Gasteiger charge is 2.61. The van der Waals surface area contributed by atoms with E-state index < -0.39 is 6.10 Å². The number of thiophene rings is 1. The van der Waals surface area contributed by atoms with Gasteiger partial charge in [-0.1, -0.05) is 19.9 Å². The van der Waals surface area contributed by atoms with Gasteiger partial charge in [-0.15, -0.1) is 11.3 Å². The number of nitrogens with one attached hydrogen (secondary N) is 1. The predicted octanol–water partition coefficient (Wildman–Crippen LogP) is 2.65. The van der Waals surface area contributed by atoms with Gasteiger partial charge in [0.25, 0.3) is 0 Å². The summed E-state index contributed by atoms with van der Waals surface area (Å²) in [7, 11) is 0. The van der Waals surface area contributed by atoms with E-state index in [4.69, 9.17) is 15.2 Å². The normalized spacial score (nSPS) is 42.0. The van der Waals surface area contributed by atoms with Crippen LogP contribution in [0.2, 0.25) is 0 Å². The number of fused-ring (bicyclic) bond motifs is 3. The van der Waals surface area contributed by atoms with Gasteiger partial charge in [0, 0.05) is 23.3 Å². The minimum absolute atomic E-state index is 0.0240. The Kier molecular flexibility index (Phi) is 6.06. The van der Waals surface area contributed by atoms with Gasteiger partial charge in [-0.3, -0.25) is 4.79 Å². The van der Waals surface area contributed by atoms with Crippen LogP contribution >= 0.6 is 11.3 Å². The van der Waals surface area contributed by atoms with E-state index in [9.17, 15) is 9.90 Å². The Morgan fingerprint density at radius 2 is 2.17 bits per heavy atom. The standard InChI is InChI=1S/C22H34N2O4S/c1-21-8-7-18-22(2,13-27-20(11-23)28-18)17(21)6-5-16(25)15(21)10-19(26)24-12-14-4-3-9-29-14/h3-4,9,15-18,20,25H,5-8,10-13,23H2,1-2H3,(H,24,26)/t15-,16-,17+,18-,20-,21+,22+/m1/s1. The molecule has 3 fully saturated rings. The first kappa shape index (κ1) is 21.2. The Hall–Kier alpha value is -0.990. The van der Waals surface area contributed by atoms with E-state index in [0.29, 0.717) is 32.0 Å². The van der Waals surface area contributed by atoms with Crippen LogP contribution in [-0.4, -0.2) is 42.7 Å². The quantitative estimate of drug-likeness (QED) is 0.678. The molecule has 2 heterocycles. The predicted molar refractivity (Wildman–Crippen MR) is 112 cm³/mol. The average Bonchev–Trinajstić information content (AvgIpc) is 3.22. The Bertz CT molecular complexity index is 714. The highest BCUT2D eigenvalue weighted by atomic mass is 32.1. The maximum atomic E-state index is 12.7. The maximum absolute atomic E-state index is 12.7. The number of aliphatic hydroxyl groups is 1. The fourth-order valence-electron chi connectivity index (χ4n) is 6.28. The summed E-state index contributed by atoms with van der Waals surface area (Å²) >= 11 is 1.64. The monoisotopic (exact) mass is 422 g/mol. The SMILES string of the molecule is C[C@@]12CO[C@@H](CN)O[C@@H]1CC[C@]1(C)[C@@H]2CC[C@@H](O)[C@H]1CC(=O)NCc1cccs1. The van der Waals surface area contributed by atoms with Gasteiger partial charge >= 0.3 is 0 Å². The number of carbonyl (C=O) groups excluding carboxylic acids is 1. The summed E-state index contributed by atoms with van der Waals surface area (Å²) in [5.74, 6) is 0.330. The summed E-state index contributed by atoms with van der Waals surface area (Å²) in [5, 5.41) is 15.9. The van der Waals surface area contributed by atoms with Crippen molar-refractivity contribution in [3.8, 4) is 0 Å². The molecule has 2 aliphatic carbocycles. The molecule has 0 bridgehead atoms. The molecule has 1 aromatic rings. The smallest absolute Gasteiger partial charge is 0.220 e. The third-order valence-electron chi connectivity index (χ3n) is 7.87. The first-order valence-electron chi connectivity index (χ1n) is 10.8. The molecule has 3 aliphatic rings. The van der Waals surface area contributed by atoms with Crippen molar-refractivity contribution in [2.45, 2.75) is 71.0 Å². The van der Waals surface area contributed by atoms with Crippen molar-refractivity contribution in [3.05, 3.63) is 22.4 Å². The summed E-state index contributed by atoms with van der Waals surface area (Å²) in [4.78, 5) is 13.9. The number of hydrogen-bond donors (Lipinski definition) is 3. The van der Waals surface area contributed by atoms with Crippen LogP contribution in [0.4, 0.5) is 0 Å². The van der Waals surface area contributed by atoms with E-state index in [0.717, 1.165) is 30.6 Å². The highest BCUT2D eigenvalue weighted by Crippen LogP contribution is 2.62. The minimum Gasteiger partial charge on any atom is -0.393 e. The minimum atomic E-state index is -0.439. The zero-order valence-electron chi connectivity index (χ0n) is 17.4. The van der Waals surface area contributed by atoms with Gasteiger partial charge in [-0.05, 0) is 54.4 Å². The summed E-state index contributed by atoms with van der Waals surface area (Å²) in [5.41, 5.74) is 5.55. The van der Waals surface area contributed by atoms with Gasteiger partial charge in [-0.2, -0.15) is 0 Å². The molecule has 162 valence electrons. The van der Waals surface area contributed by atoms with E-state index >= 15 is 0 Å². The third kappa shape index (κ3) is 3.88. The van der Waals surface area contributed by atoms with Crippen LogP contribution in [0.15, 0.2) is 17.5 Å². The molecule has 1 amide bonds. The van der Waals surface area contributed by atoms with Crippen LogP contribution in [-0.2, 0) is 20.8 Å². The molecule has 7 heteroatoms. The van der Waals surface area contributed by atoms with Crippen molar-refractivity contribution in [1.82, 2.24) is 5.32 Å². The second kappa shape index (κ2) is 8.27. The molecule has 0 unspecified atom stereocenters. The fourth-order valence-corrected chi connectivity index (χ4v) is 6.93. The first-order chi connectivity index (χ1) is 13.9. The average molecular weight is 423 g/mol. The molecule has 1 aromatic heterocycles. The number of rotatable bonds is 5. The zero-order chi connectivity index (χ0) is 20.6. The molecule has 7 atom stereocenters. The summed E-state index contributed by atoms with van der Waals surface area (Å²) in [6.45, 7) is 6.10. The van der Waals surface area contributed by atoms with Gasteiger partial charge in [0.05, 0.1) is 25.4 Å². The molecule has 2 saturated carbocycles. The Morgan fingerprint density at radius 1 is 1.34 bits per heavy atom. The topological polar surface area (TPSA) is 93.8 Å². The molecular weight excluding hydrogens is 388 g/mol. The van der Waals surface area contributed by atoms with Crippen LogP contribution < -0.4 is 11.1 Å². The van der Waals surface area contributed by atoms with Crippen molar-refractivity contribution < 1.29 is 19.4 Å². The summed E-state index contributed by atoms with van der Waals surface area (Å²) in [6.07, 6.45) is 3.29. The number of amides is 1. The first-order valence-corrected chi connectivity index (χ1v) is 11.7. The number of nitrogens with two attached hydrogens (primary N) is 1. The molecule has 1 saturated heterocycles. The van der Waals surface area contributed by atoms with Crippen molar-refractivity contribution >= 4 is 17.2 Å². The number of ether oxygens (including phenoxy) is 2. The Balaban J connectivity index is 1.48. The summed E-state index contributed by atoms with van der Waals surface area (Å²) in [6, 6.07) is 4.02. The van der Waals surface area contributed by atoms with Gasteiger partial charge < -0.3 is 25.6 Å². The van der Waals surface area contributed by atoms with Gasteiger partial charge in [0.15, 0.2) is 6.29 Å². The van der Waals surface area contributed by atoms with E-state index in [-0.39, 0.29) is 35.0 Å². The second-order valence-corrected chi connectivity index (χ2v) is 10.5. The lowest BCUT2D eigenvalue weighted by atomic mass is 9.46. The van der Waals surface area contributed by atoms with Gasteiger partial charge in [0.1, 0.15) is 0 Å².